The lowest BCUT2D eigenvalue weighted by molar-refractivity contribution is -0.933. The first-order chi connectivity index (χ1) is 25.1. The molecule has 0 aliphatic carbocycles. The van der Waals surface area contributed by atoms with Gasteiger partial charge in [0, 0.05) is 12.8 Å². The minimum Gasteiger partial charge on any atom is -0.491 e. The van der Waals surface area contributed by atoms with Gasteiger partial charge < -0.3 is 58.3 Å². The zero-order valence-electron chi connectivity index (χ0n) is 30.8. The lowest BCUT2D eigenvalue weighted by Crippen LogP contribution is -2.58. The lowest BCUT2D eigenvalue weighted by Gasteiger charge is -2.44. The summed E-state index contributed by atoms with van der Waals surface area (Å²) in [5.74, 6) is 1.71. The molecule has 0 aromatic heterocycles. The first kappa shape index (κ1) is 43.0. The Morgan fingerprint density at radius 1 is 0.529 bits per heavy atom. The maximum atomic E-state index is 8.67. The molecule has 0 spiro atoms. The molecule has 1 aliphatic heterocycles. The van der Waals surface area contributed by atoms with Crippen molar-refractivity contribution in [2.75, 3.05) is 132 Å². The molecule has 0 radical (unpaired) electrons. The average molecular weight is 722 g/mol. The Morgan fingerprint density at radius 3 is 1.27 bits per heavy atom. The molecule has 1 unspecified atom stereocenters. The van der Waals surface area contributed by atoms with E-state index in [2.05, 4.69) is 48.5 Å². The molecule has 0 saturated carbocycles. The highest BCUT2D eigenvalue weighted by Gasteiger charge is 2.32. The second kappa shape index (κ2) is 28.2. The molecule has 4 N–H and O–H groups in total. The van der Waals surface area contributed by atoms with E-state index in [4.69, 9.17) is 53.8 Å². The number of aryl methyl sites for hydroxylation is 2. The normalized spacial score (nSPS) is 15.6. The van der Waals surface area contributed by atoms with Gasteiger partial charge in [0.25, 0.3) is 0 Å². The van der Waals surface area contributed by atoms with Gasteiger partial charge in [0.1, 0.15) is 24.7 Å². The van der Waals surface area contributed by atoms with E-state index >= 15 is 0 Å². The Bertz CT molecular complexity index is 1020. The standard InChI is InChI=1S/C39H65N2O10/c40-37-6-3-17-41(34-37,15-1-4-35-7-11-38(12-8-35)50-32-30-48-28-26-46-24-22-44-20-18-42)16-2-5-36-9-13-39(14-10-36)51-33-31-49-29-27-47-25-23-45-21-19-43/h7-14,37,42-43H,1-6,15-34,40H2/q+1. The lowest BCUT2D eigenvalue weighted by atomic mass is 10.00. The second-order valence-electron chi connectivity index (χ2n) is 12.9. The minimum atomic E-state index is 0.0288. The third kappa shape index (κ3) is 20.5. The molecule has 1 heterocycles. The van der Waals surface area contributed by atoms with E-state index in [1.807, 2.05) is 0 Å². The SMILES string of the molecule is NC1CCC[N+](CCCc2ccc(OCCOCCOCCOCCO)cc2)(CCCc2ccc(OCCOCCOCCOCCO)cc2)C1. The number of hydrogen-bond acceptors (Lipinski definition) is 11. The van der Waals surface area contributed by atoms with Crippen molar-refractivity contribution >= 4 is 0 Å². The molecule has 2 aromatic carbocycles. The number of nitrogens with zero attached hydrogens (tertiary/aromatic N) is 1. The van der Waals surface area contributed by atoms with Crippen LogP contribution in [-0.2, 0) is 41.3 Å². The van der Waals surface area contributed by atoms with Gasteiger partial charge in [-0.1, -0.05) is 24.3 Å². The van der Waals surface area contributed by atoms with E-state index in [0.29, 0.717) is 92.5 Å². The van der Waals surface area contributed by atoms with Gasteiger partial charge in [0.05, 0.1) is 125 Å². The number of likely N-dealkylation sites (tertiary alicyclic amines) is 1. The van der Waals surface area contributed by atoms with Crippen molar-refractivity contribution in [3.8, 4) is 11.5 Å². The summed E-state index contributed by atoms with van der Waals surface area (Å²) in [4.78, 5) is 0. The maximum Gasteiger partial charge on any atom is 0.119 e. The molecule has 1 aliphatic rings. The van der Waals surface area contributed by atoms with Crippen molar-refractivity contribution in [1.82, 2.24) is 0 Å². The van der Waals surface area contributed by atoms with Crippen LogP contribution < -0.4 is 15.2 Å². The van der Waals surface area contributed by atoms with Crippen LogP contribution in [0, 0.1) is 0 Å². The molecule has 3 rings (SSSR count). The van der Waals surface area contributed by atoms with Crippen molar-refractivity contribution in [1.29, 1.82) is 0 Å². The summed E-state index contributed by atoms with van der Waals surface area (Å²) < 4.78 is 45.1. The fraction of sp³-hybridized carbons (Fsp3) is 0.692. The number of ether oxygens (including phenoxy) is 8. The molecular weight excluding hydrogens is 656 g/mol. The van der Waals surface area contributed by atoms with Crippen molar-refractivity contribution in [2.24, 2.45) is 5.73 Å². The van der Waals surface area contributed by atoms with Gasteiger partial charge in [0.2, 0.25) is 0 Å². The van der Waals surface area contributed by atoms with Crippen LogP contribution >= 0.6 is 0 Å². The largest absolute Gasteiger partial charge is 0.491 e. The number of quaternary nitrogens is 1. The average Bonchev–Trinajstić information content (AvgIpc) is 3.14. The monoisotopic (exact) mass is 721 g/mol. The zero-order chi connectivity index (χ0) is 36.1. The van der Waals surface area contributed by atoms with Crippen LogP contribution in [0.3, 0.4) is 0 Å². The highest BCUT2D eigenvalue weighted by Crippen LogP contribution is 2.23. The number of piperidine rings is 1. The number of nitrogens with two attached hydrogens (primary N) is 1. The van der Waals surface area contributed by atoms with Gasteiger partial charge in [-0.25, -0.2) is 0 Å². The summed E-state index contributed by atoms with van der Waals surface area (Å²) in [5, 5.41) is 17.3. The van der Waals surface area contributed by atoms with Crippen LogP contribution in [0.25, 0.3) is 0 Å². The Balaban J connectivity index is 1.26. The van der Waals surface area contributed by atoms with Gasteiger partial charge in [-0.15, -0.1) is 0 Å². The molecule has 1 saturated heterocycles. The van der Waals surface area contributed by atoms with E-state index in [0.717, 1.165) is 67.7 Å². The summed E-state index contributed by atoms with van der Waals surface area (Å²) in [5.41, 5.74) is 9.18. The summed E-state index contributed by atoms with van der Waals surface area (Å²) >= 11 is 0. The number of aliphatic hydroxyl groups excluding tert-OH is 2. The van der Waals surface area contributed by atoms with Crippen LogP contribution in [0.1, 0.15) is 36.8 Å². The quantitative estimate of drug-likeness (QED) is 0.0759. The third-order valence-electron chi connectivity index (χ3n) is 8.82. The van der Waals surface area contributed by atoms with Crippen LogP contribution in [0.5, 0.6) is 11.5 Å². The maximum absolute atomic E-state index is 8.67. The molecule has 51 heavy (non-hydrogen) atoms. The van der Waals surface area contributed by atoms with Gasteiger partial charge >= 0.3 is 0 Å². The van der Waals surface area contributed by atoms with E-state index in [1.54, 1.807) is 0 Å². The van der Waals surface area contributed by atoms with Gasteiger partial charge in [0.15, 0.2) is 0 Å². The van der Waals surface area contributed by atoms with E-state index in [-0.39, 0.29) is 19.3 Å². The predicted octanol–water partition coefficient (Wildman–Crippen LogP) is 3.03. The third-order valence-corrected chi connectivity index (χ3v) is 8.82. The van der Waals surface area contributed by atoms with Crippen molar-refractivity contribution < 1.29 is 52.6 Å². The summed E-state index contributed by atoms with van der Waals surface area (Å²) in [7, 11) is 0. The first-order valence-corrected chi connectivity index (χ1v) is 18.8. The Morgan fingerprint density at radius 2 is 0.902 bits per heavy atom. The van der Waals surface area contributed by atoms with Crippen molar-refractivity contribution in [2.45, 2.75) is 44.6 Å². The van der Waals surface area contributed by atoms with E-state index < -0.39 is 0 Å². The molecule has 1 fully saturated rings. The Kier molecular flexibility index (Phi) is 23.8. The Labute approximate surface area is 305 Å². The van der Waals surface area contributed by atoms with E-state index in [1.165, 1.54) is 24.1 Å². The highest BCUT2D eigenvalue weighted by molar-refractivity contribution is 5.28. The molecule has 12 heteroatoms. The molecule has 2 aromatic rings. The molecule has 1 atom stereocenters. The van der Waals surface area contributed by atoms with Crippen LogP contribution in [0.2, 0.25) is 0 Å². The first-order valence-electron chi connectivity index (χ1n) is 18.8. The van der Waals surface area contributed by atoms with Gasteiger partial charge in [-0.05, 0) is 61.1 Å². The number of aliphatic hydroxyl groups is 2. The predicted molar refractivity (Wildman–Crippen MR) is 197 cm³/mol. The molecule has 0 amide bonds. The second-order valence-corrected chi connectivity index (χ2v) is 12.9. The zero-order valence-corrected chi connectivity index (χ0v) is 30.8. The van der Waals surface area contributed by atoms with E-state index in [9.17, 15) is 0 Å². The van der Waals surface area contributed by atoms with Gasteiger partial charge in [-0.3, -0.25) is 0 Å². The fourth-order valence-electron chi connectivity index (χ4n) is 6.28. The van der Waals surface area contributed by atoms with Crippen LogP contribution in [0.4, 0.5) is 0 Å². The topological polar surface area (TPSA) is 140 Å². The fourth-order valence-corrected chi connectivity index (χ4v) is 6.28. The number of benzene rings is 2. The van der Waals surface area contributed by atoms with Crippen LogP contribution in [-0.4, -0.2) is 153 Å². The molecular formula is C39H65N2O10+. The smallest absolute Gasteiger partial charge is 0.119 e. The van der Waals surface area contributed by atoms with Crippen LogP contribution in [0.15, 0.2) is 48.5 Å². The summed E-state index contributed by atoms with van der Waals surface area (Å²) in [6.45, 7) is 11.3. The van der Waals surface area contributed by atoms with Gasteiger partial charge in [-0.2, -0.15) is 0 Å². The molecule has 0 bridgehead atoms. The summed E-state index contributed by atoms with van der Waals surface area (Å²) in [6.07, 6.45) is 6.70. The van der Waals surface area contributed by atoms with Crippen molar-refractivity contribution in [3.05, 3.63) is 59.7 Å². The Hall–Kier alpha value is -2.36. The molecule has 290 valence electrons. The highest BCUT2D eigenvalue weighted by atomic mass is 16.6. The summed E-state index contributed by atoms with van der Waals surface area (Å²) in [6, 6.07) is 17.2. The minimum absolute atomic E-state index is 0.0288. The number of rotatable bonds is 32. The van der Waals surface area contributed by atoms with Crippen molar-refractivity contribution in [3.63, 3.8) is 0 Å². The number of hydrogen-bond donors (Lipinski definition) is 3. The molecule has 12 nitrogen and oxygen atoms in total.